The Morgan fingerprint density at radius 3 is 2.63 bits per heavy atom. The molecule has 0 atom stereocenters. The standard InChI is InChI=1S/C15H22N2O2/c1-2-17(13-8-6-12(16)7-9-13)15(19)11-4-3-5-14(18)10-11/h3-5,10,12-13,18H,2,6-9,16H2,1H3. The lowest BCUT2D eigenvalue weighted by atomic mass is 9.90. The molecule has 0 spiro atoms. The number of benzene rings is 1. The third kappa shape index (κ3) is 3.26. The molecule has 104 valence electrons. The Bertz CT molecular complexity index is 440. The molecule has 0 bridgehead atoms. The Balaban J connectivity index is 2.11. The largest absolute Gasteiger partial charge is 0.508 e. The molecule has 0 heterocycles. The van der Waals surface area contributed by atoms with Crippen molar-refractivity contribution >= 4 is 5.91 Å². The van der Waals surface area contributed by atoms with Gasteiger partial charge in [-0.15, -0.1) is 0 Å². The van der Waals surface area contributed by atoms with Crippen LogP contribution >= 0.6 is 0 Å². The van der Waals surface area contributed by atoms with Crippen LogP contribution in [-0.4, -0.2) is 34.5 Å². The molecule has 4 heteroatoms. The first kappa shape index (κ1) is 13.9. The van der Waals surface area contributed by atoms with Crippen LogP contribution in [0.25, 0.3) is 0 Å². The number of phenols is 1. The summed E-state index contributed by atoms with van der Waals surface area (Å²) in [7, 11) is 0. The van der Waals surface area contributed by atoms with Crippen LogP contribution in [-0.2, 0) is 0 Å². The molecule has 1 aliphatic rings. The number of amides is 1. The monoisotopic (exact) mass is 262 g/mol. The molecule has 1 fully saturated rings. The molecule has 0 radical (unpaired) electrons. The van der Waals surface area contributed by atoms with Gasteiger partial charge in [0, 0.05) is 24.2 Å². The molecular formula is C15H22N2O2. The summed E-state index contributed by atoms with van der Waals surface area (Å²) in [5.74, 6) is 0.131. The first-order valence-corrected chi connectivity index (χ1v) is 6.97. The van der Waals surface area contributed by atoms with E-state index >= 15 is 0 Å². The van der Waals surface area contributed by atoms with Gasteiger partial charge in [0.2, 0.25) is 0 Å². The number of rotatable bonds is 3. The van der Waals surface area contributed by atoms with E-state index in [4.69, 9.17) is 5.73 Å². The van der Waals surface area contributed by atoms with Crippen LogP contribution in [0.5, 0.6) is 5.75 Å². The summed E-state index contributed by atoms with van der Waals surface area (Å²) in [5, 5.41) is 9.47. The van der Waals surface area contributed by atoms with Crippen molar-refractivity contribution in [1.29, 1.82) is 0 Å². The zero-order valence-electron chi connectivity index (χ0n) is 11.4. The molecular weight excluding hydrogens is 240 g/mol. The van der Waals surface area contributed by atoms with Crippen LogP contribution in [0, 0.1) is 0 Å². The first-order chi connectivity index (χ1) is 9.11. The van der Waals surface area contributed by atoms with Gasteiger partial charge in [0.1, 0.15) is 5.75 Å². The van der Waals surface area contributed by atoms with E-state index < -0.39 is 0 Å². The minimum atomic E-state index is -0.00104. The predicted octanol–water partition coefficient (Wildman–Crippen LogP) is 2.12. The Morgan fingerprint density at radius 2 is 2.05 bits per heavy atom. The van der Waals surface area contributed by atoms with Gasteiger partial charge in [0.05, 0.1) is 0 Å². The molecule has 3 N–H and O–H groups in total. The van der Waals surface area contributed by atoms with E-state index in [0.717, 1.165) is 25.7 Å². The number of carbonyl (C=O) groups is 1. The zero-order valence-corrected chi connectivity index (χ0v) is 11.4. The predicted molar refractivity (Wildman–Crippen MR) is 75.0 cm³/mol. The topological polar surface area (TPSA) is 66.6 Å². The molecule has 1 saturated carbocycles. The maximum absolute atomic E-state index is 12.5. The van der Waals surface area contributed by atoms with Gasteiger partial charge in [0.25, 0.3) is 5.91 Å². The number of nitrogens with zero attached hydrogens (tertiary/aromatic N) is 1. The maximum atomic E-state index is 12.5. The molecule has 0 aromatic heterocycles. The van der Waals surface area contributed by atoms with Crippen LogP contribution in [0.15, 0.2) is 24.3 Å². The maximum Gasteiger partial charge on any atom is 0.254 e. The fourth-order valence-corrected chi connectivity index (χ4v) is 2.79. The number of carbonyl (C=O) groups excluding carboxylic acids is 1. The summed E-state index contributed by atoms with van der Waals surface area (Å²) >= 11 is 0. The van der Waals surface area contributed by atoms with Crippen molar-refractivity contribution in [3.8, 4) is 5.75 Å². The third-order valence-electron chi connectivity index (χ3n) is 3.88. The average Bonchev–Trinajstić information content (AvgIpc) is 2.41. The third-order valence-corrected chi connectivity index (χ3v) is 3.88. The van der Waals surface area contributed by atoms with E-state index in [2.05, 4.69) is 0 Å². The van der Waals surface area contributed by atoms with Crippen LogP contribution < -0.4 is 5.73 Å². The molecule has 1 aromatic rings. The van der Waals surface area contributed by atoms with Crippen LogP contribution in [0.2, 0.25) is 0 Å². The Hall–Kier alpha value is -1.55. The van der Waals surface area contributed by atoms with E-state index in [-0.39, 0.29) is 23.7 Å². The molecule has 4 nitrogen and oxygen atoms in total. The normalized spacial score (nSPS) is 23.1. The number of nitrogens with two attached hydrogens (primary N) is 1. The van der Waals surface area contributed by atoms with Crippen molar-refractivity contribution in [2.75, 3.05) is 6.54 Å². The zero-order chi connectivity index (χ0) is 13.8. The van der Waals surface area contributed by atoms with Gasteiger partial charge in [0.15, 0.2) is 0 Å². The SMILES string of the molecule is CCN(C(=O)c1cccc(O)c1)C1CCC(N)CC1. The lowest BCUT2D eigenvalue weighted by Gasteiger charge is -2.35. The molecule has 19 heavy (non-hydrogen) atoms. The van der Waals surface area contributed by atoms with E-state index in [9.17, 15) is 9.90 Å². The number of hydrogen-bond donors (Lipinski definition) is 2. The van der Waals surface area contributed by atoms with Crippen molar-refractivity contribution in [3.05, 3.63) is 29.8 Å². The summed E-state index contributed by atoms with van der Waals surface area (Å²) in [5.41, 5.74) is 6.46. The molecule has 0 aliphatic heterocycles. The Morgan fingerprint density at radius 1 is 1.37 bits per heavy atom. The van der Waals surface area contributed by atoms with Gasteiger partial charge in [-0.1, -0.05) is 6.07 Å². The number of hydrogen-bond acceptors (Lipinski definition) is 3. The number of aromatic hydroxyl groups is 1. The van der Waals surface area contributed by atoms with Crippen molar-refractivity contribution in [2.45, 2.75) is 44.7 Å². The van der Waals surface area contributed by atoms with E-state index in [1.807, 2.05) is 11.8 Å². The quantitative estimate of drug-likeness (QED) is 0.877. The van der Waals surface area contributed by atoms with Gasteiger partial charge < -0.3 is 15.7 Å². The summed E-state index contributed by atoms with van der Waals surface area (Å²) in [6.45, 7) is 2.68. The van der Waals surface area contributed by atoms with Gasteiger partial charge in [-0.2, -0.15) is 0 Å². The highest BCUT2D eigenvalue weighted by Crippen LogP contribution is 2.24. The highest BCUT2D eigenvalue weighted by Gasteiger charge is 2.27. The summed E-state index contributed by atoms with van der Waals surface area (Å²) in [6, 6.07) is 7.11. The summed E-state index contributed by atoms with van der Waals surface area (Å²) in [6.07, 6.45) is 3.90. The summed E-state index contributed by atoms with van der Waals surface area (Å²) in [4.78, 5) is 14.4. The smallest absolute Gasteiger partial charge is 0.254 e. The lowest BCUT2D eigenvalue weighted by molar-refractivity contribution is 0.0640. The minimum absolute atomic E-state index is 0.00104. The minimum Gasteiger partial charge on any atom is -0.508 e. The van der Waals surface area contributed by atoms with Gasteiger partial charge in [-0.25, -0.2) is 0 Å². The van der Waals surface area contributed by atoms with Crippen LogP contribution in [0.1, 0.15) is 43.0 Å². The van der Waals surface area contributed by atoms with Gasteiger partial charge >= 0.3 is 0 Å². The van der Waals surface area contributed by atoms with E-state index in [1.165, 1.54) is 6.07 Å². The molecule has 0 saturated heterocycles. The molecule has 2 rings (SSSR count). The van der Waals surface area contributed by atoms with Crippen LogP contribution in [0.3, 0.4) is 0 Å². The van der Waals surface area contributed by atoms with Crippen molar-refractivity contribution in [2.24, 2.45) is 5.73 Å². The Labute approximate surface area is 114 Å². The first-order valence-electron chi connectivity index (χ1n) is 6.97. The van der Waals surface area contributed by atoms with Crippen molar-refractivity contribution in [3.63, 3.8) is 0 Å². The molecule has 1 amide bonds. The number of phenolic OH excluding ortho intramolecular Hbond substituents is 1. The highest BCUT2D eigenvalue weighted by molar-refractivity contribution is 5.94. The van der Waals surface area contributed by atoms with Crippen molar-refractivity contribution < 1.29 is 9.90 Å². The fourth-order valence-electron chi connectivity index (χ4n) is 2.79. The second-order valence-electron chi connectivity index (χ2n) is 5.21. The molecule has 1 aliphatic carbocycles. The fraction of sp³-hybridized carbons (Fsp3) is 0.533. The average molecular weight is 262 g/mol. The second-order valence-corrected chi connectivity index (χ2v) is 5.21. The molecule has 0 unspecified atom stereocenters. The summed E-state index contributed by atoms with van der Waals surface area (Å²) < 4.78 is 0. The van der Waals surface area contributed by atoms with E-state index in [1.54, 1.807) is 18.2 Å². The van der Waals surface area contributed by atoms with E-state index in [0.29, 0.717) is 12.1 Å². The Kier molecular flexibility index (Phi) is 4.43. The second kappa shape index (κ2) is 6.06. The van der Waals surface area contributed by atoms with Crippen LogP contribution in [0.4, 0.5) is 0 Å². The molecule has 1 aromatic carbocycles. The van der Waals surface area contributed by atoms with Crippen molar-refractivity contribution in [1.82, 2.24) is 4.90 Å². The lowest BCUT2D eigenvalue weighted by Crippen LogP contribution is -2.44. The highest BCUT2D eigenvalue weighted by atomic mass is 16.3. The van der Waals surface area contributed by atoms with Gasteiger partial charge in [-0.3, -0.25) is 4.79 Å². The van der Waals surface area contributed by atoms with Gasteiger partial charge in [-0.05, 0) is 50.8 Å².